The van der Waals surface area contributed by atoms with Crippen LogP contribution in [-0.4, -0.2) is 47.3 Å². The number of nitrogens with one attached hydrogen (secondary N) is 1. The van der Waals surface area contributed by atoms with Gasteiger partial charge in [0.25, 0.3) is 22.4 Å². The lowest BCUT2D eigenvalue weighted by molar-refractivity contribution is 0.0652. The topological polar surface area (TPSA) is 137 Å². The van der Waals surface area contributed by atoms with E-state index in [0.29, 0.717) is 0 Å². The van der Waals surface area contributed by atoms with E-state index in [1.54, 1.807) is 6.92 Å². The van der Waals surface area contributed by atoms with Crippen LogP contribution in [0.25, 0.3) is 49.3 Å². The van der Waals surface area contributed by atoms with Crippen molar-refractivity contribution in [3.8, 4) is 39.6 Å². The number of fused-ring (bicyclic) bond motifs is 1. The van der Waals surface area contributed by atoms with Crippen molar-refractivity contribution in [2.24, 2.45) is 0 Å². The number of nitriles is 1. The maximum atomic E-state index is 15.9. The summed E-state index contributed by atoms with van der Waals surface area (Å²) in [4.78, 5) is 16.1. The highest BCUT2D eigenvalue weighted by atomic mass is 32.2. The summed E-state index contributed by atoms with van der Waals surface area (Å²) in [5, 5.41) is 32.0. The minimum atomic E-state index is -4.80. The van der Waals surface area contributed by atoms with Crippen LogP contribution in [0.4, 0.5) is 27.6 Å². The number of alkyl halides is 2. The Morgan fingerprint density at radius 2 is 1.54 bits per heavy atom. The molecule has 56 heavy (non-hydrogen) atoms. The molecule has 0 unspecified atom stereocenters. The molecular formula is C41H29F5N4O5S. The second-order valence-electron chi connectivity index (χ2n) is 12.7. The Bertz CT molecular complexity index is 2650. The Labute approximate surface area is 317 Å². The summed E-state index contributed by atoms with van der Waals surface area (Å²) >= 11 is 0. The lowest BCUT2D eigenvalue weighted by Gasteiger charge is -2.29. The maximum absolute atomic E-state index is 15.9. The Balaban J connectivity index is 1.65. The smallest absolute Gasteiger partial charge is 0.268 e. The zero-order valence-corrected chi connectivity index (χ0v) is 30.0. The Morgan fingerprint density at radius 3 is 2.12 bits per heavy atom. The van der Waals surface area contributed by atoms with Gasteiger partial charge < -0.3 is 15.5 Å². The highest BCUT2D eigenvalue weighted by Crippen LogP contribution is 2.48. The van der Waals surface area contributed by atoms with Crippen molar-refractivity contribution < 1.29 is 45.4 Å². The molecule has 1 aromatic heterocycles. The molecular weight excluding hydrogens is 756 g/mol. The van der Waals surface area contributed by atoms with Crippen molar-refractivity contribution in [2.45, 2.75) is 30.2 Å². The molecule has 1 amide bonds. The second-order valence-corrected chi connectivity index (χ2v) is 14.5. The number of rotatable bonds is 11. The predicted molar refractivity (Wildman–Crippen MR) is 198 cm³/mol. The highest BCUT2D eigenvalue weighted by molar-refractivity contribution is 7.90. The molecule has 0 saturated heterocycles. The quantitative estimate of drug-likeness (QED) is 0.0891. The van der Waals surface area contributed by atoms with Crippen molar-refractivity contribution in [3.63, 3.8) is 0 Å². The molecule has 0 aliphatic rings. The average Bonchev–Trinajstić information content (AvgIpc) is 3.54. The number of amides is 1. The van der Waals surface area contributed by atoms with Crippen molar-refractivity contribution in [2.75, 3.05) is 13.2 Å². The van der Waals surface area contributed by atoms with Crippen molar-refractivity contribution in [1.29, 1.82) is 5.26 Å². The summed E-state index contributed by atoms with van der Waals surface area (Å²) in [7, 11) is -4.80. The SMILES string of the molecule is [C-]#[N+]c1cccc(C#N)c1-c1c(-c2cccc(-c3c(F)cc(C(=O)NC(CC)(CO)CO)cc3F)c2)n(S(=O)(=O)c2ccc(C(F)F)cc2)c2ccc(F)cc12. The standard InChI is InChI=1S/C41H29F5N4O5S/c1-3-41(21-51,22-52)49-40(53)27-17-31(43)35(32(44)18-27)24-6-4-7-25(16-24)38-37(36-26(20-47)8-5-9-33(36)48-2)30-19-28(42)12-15-34(30)50(38)56(54,55)29-13-10-23(11-14-29)39(45)46/h4-19,39,51-52H,3,21-22H2,1H3,(H,49,53). The molecule has 0 fully saturated rings. The fraction of sp³-hybridized carbons (Fsp3) is 0.146. The second kappa shape index (κ2) is 15.4. The van der Waals surface area contributed by atoms with Gasteiger partial charge in [0.1, 0.15) is 17.5 Å². The normalized spacial score (nSPS) is 11.8. The molecule has 0 aliphatic carbocycles. The fourth-order valence-corrected chi connectivity index (χ4v) is 7.98. The van der Waals surface area contributed by atoms with Crippen LogP contribution >= 0.6 is 0 Å². The highest BCUT2D eigenvalue weighted by Gasteiger charge is 2.33. The van der Waals surface area contributed by atoms with Gasteiger partial charge >= 0.3 is 0 Å². The molecule has 6 rings (SSSR count). The molecule has 0 spiro atoms. The number of carbonyl (C=O) groups excluding carboxylic acids is 1. The molecule has 0 aliphatic heterocycles. The minimum Gasteiger partial charge on any atom is -0.394 e. The van der Waals surface area contributed by atoms with Gasteiger partial charge in [0.15, 0.2) is 5.69 Å². The van der Waals surface area contributed by atoms with E-state index < -0.39 is 80.1 Å². The summed E-state index contributed by atoms with van der Waals surface area (Å²) in [6.45, 7) is 8.17. The summed E-state index contributed by atoms with van der Waals surface area (Å²) in [5.41, 5.74) is -3.93. The first-order valence-corrected chi connectivity index (χ1v) is 18.2. The molecule has 15 heteroatoms. The number of hydrogen-bond donors (Lipinski definition) is 3. The van der Waals surface area contributed by atoms with Crippen molar-refractivity contribution in [3.05, 3.63) is 143 Å². The number of aliphatic hydroxyl groups is 2. The van der Waals surface area contributed by atoms with E-state index >= 15 is 13.2 Å². The molecule has 6 aromatic rings. The molecule has 0 radical (unpaired) electrons. The van der Waals surface area contributed by atoms with Crippen LogP contribution in [0.5, 0.6) is 0 Å². The van der Waals surface area contributed by atoms with E-state index in [-0.39, 0.29) is 56.5 Å². The first-order valence-electron chi connectivity index (χ1n) is 16.8. The van der Waals surface area contributed by atoms with E-state index in [2.05, 4.69) is 10.2 Å². The number of carbonyl (C=O) groups is 1. The Kier molecular flexibility index (Phi) is 10.8. The largest absolute Gasteiger partial charge is 0.394 e. The van der Waals surface area contributed by atoms with E-state index in [4.69, 9.17) is 6.57 Å². The van der Waals surface area contributed by atoms with Gasteiger partial charge in [0.05, 0.1) is 53.1 Å². The zero-order valence-electron chi connectivity index (χ0n) is 29.2. The van der Waals surface area contributed by atoms with Crippen LogP contribution in [0.1, 0.15) is 41.3 Å². The lowest BCUT2D eigenvalue weighted by Crippen LogP contribution is -2.53. The van der Waals surface area contributed by atoms with Gasteiger partial charge in [0.2, 0.25) is 0 Å². The van der Waals surface area contributed by atoms with Gasteiger partial charge in [-0.3, -0.25) is 4.79 Å². The van der Waals surface area contributed by atoms with Crippen LogP contribution in [0.2, 0.25) is 0 Å². The molecule has 0 bridgehead atoms. The Morgan fingerprint density at radius 1 is 0.893 bits per heavy atom. The zero-order chi connectivity index (χ0) is 40.5. The van der Waals surface area contributed by atoms with Crippen molar-refractivity contribution >= 4 is 32.5 Å². The third-order valence-electron chi connectivity index (χ3n) is 9.48. The van der Waals surface area contributed by atoms with Gasteiger partial charge in [-0.2, -0.15) is 5.26 Å². The van der Waals surface area contributed by atoms with Crippen LogP contribution in [0.15, 0.2) is 102 Å². The lowest BCUT2D eigenvalue weighted by atomic mass is 9.92. The number of aromatic nitrogens is 1. The van der Waals surface area contributed by atoms with Crippen LogP contribution < -0.4 is 5.32 Å². The van der Waals surface area contributed by atoms with Gasteiger partial charge in [-0.15, -0.1) is 0 Å². The molecule has 0 atom stereocenters. The maximum Gasteiger partial charge on any atom is 0.268 e. The minimum absolute atomic E-state index is 0.0372. The third-order valence-corrected chi connectivity index (χ3v) is 11.2. The van der Waals surface area contributed by atoms with E-state index in [0.717, 1.165) is 58.6 Å². The van der Waals surface area contributed by atoms with E-state index in [9.17, 15) is 37.5 Å². The van der Waals surface area contributed by atoms with E-state index in [1.165, 1.54) is 42.5 Å². The van der Waals surface area contributed by atoms with Crippen LogP contribution in [0.3, 0.4) is 0 Å². The molecule has 3 N–H and O–H groups in total. The third kappa shape index (κ3) is 6.88. The predicted octanol–water partition coefficient (Wildman–Crippen LogP) is 8.52. The molecule has 0 saturated carbocycles. The van der Waals surface area contributed by atoms with Gasteiger partial charge in [0, 0.05) is 38.8 Å². The van der Waals surface area contributed by atoms with Crippen molar-refractivity contribution in [1.82, 2.24) is 9.29 Å². The van der Waals surface area contributed by atoms with Gasteiger partial charge in [-0.1, -0.05) is 49.4 Å². The summed E-state index contributed by atoms with van der Waals surface area (Å²) in [6, 6.07) is 19.9. The molecule has 1 heterocycles. The Hall–Kier alpha value is -6.39. The van der Waals surface area contributed by atoms with Gasteiger partial charge in [-0.25, -0.2) is 39.2 Å². The number of hydrogen-bond acceptors (Lipinski definition) is 6. The molecule has 9 nitrogen and oxygen atoms in total. The monoisotopic (exact) mass is 784 g/mol. The molecule has 5 aromatic carbocycles. The van der Waals surface area contributed by atoms with E-state index in [1.807, 2.05) is 6.07 Å². The fourth-order valence-electron chi connectivity index (χ4n) is 6.44. The summed E-state index contributed by atoms with van der Waals surface area (Å²) < 4.78 is 104. The number of nitrogens with zero attached hydrogens (tertiary/aromatic N) is 3. The number of halogens is 5. The average molecular weight is 785 g/mol. The first-order chi connectivity index (χ1) is 26.7. The number of benzene rings is 5. The summed E-state index contributed by atoms with van der Waals surface area (Å²) in [5.74, 6) is -4.20. The first kappa shape index (κ1) is 39.3. The molecule has 284 valence electrons. The summed E-state index contributed by atoms with van der Waals surface area (Å²) in [6.07, 6.45) is -2.81. The van der Waals surface area contributed by atoms with Gasteiger partial charge in [-0.05, 0) is 66.6 Å². The number of aliphatic hydroxyl groups excluding tert-OH is 2. The van der Waals surface area contributed by atoms with Crippen LogP contribution in [-0.2, 0) is 10.0 Å². The van der Waals surface area contributed by atoms with Crippen LogP contribution in [0, 0.1) is 35.4 Å².